The zero-order valence-electron chi connectivity index (χ0n) is 20.0. The van der Waals surface area contributed by atoms with E-state index in [1.807, 2.05) is 55.1 Å². The lowest BCUT2D eigenvalue weighted by molar-refractivity contribution is -0.134. The van der Waals surface area contributed by atoms with E-state index in [0.29, 0.717) is 36.1 Å². The van der Waals surface area contributed by atoms with Crippen LogP contribution in [-0.4, -0.2) is 26.9 Å². The Balaban J connectivity index is 2.28. The average Bonchev–Trinajstić information content (AvgIpc) is 2.78. The van der Waals surface area contributed by atoms with Crippen molar-refractivity contribution in [2.24, 2.45) is 0 Å². The van der Waals surface area contributed by atoms with E-state index in [9.17, 15) is 9.59 Å². The fourth-order valence-corrected chi connectivity index (χ4v) is 4.37. The fraction of sp³-hybridized carbons (Fsp3) is 0.444. The van der Waals surface area contributed by atoms with Crippen molar-refractivity contribution < 1.29 is 4.79 Å². The molecule has 0 aliphatic heterocycles. The van der Waals surface area contributed by atoms with Crippen LogP contribution < -0.4 is 5.56 Å². The van der Waals surface area contributed by atoms with Crippen LogP contribution >= 0.6 is 0 Å². The molecule has 0 aliphatic carbocycles. The predicted octanol–water partition coefficient (Wildman–Crippen LogP) is 5.88. The molecule has 2 aromatic carbocycles. The molecule has 0 saturated heterocycles. The van der Waals surface area contributed by atoms with Gasteiger partial charge in [-0.05, 0) is 56.9 Å². The van der Waals surface area contributed by atoms with Crippen molar-refractivity contribution in [3.63, 3.8) is 0 Å². The summed E-state index contributed by atoms with van der Waals surface area (Å²) in [6.07, 6.45) is 3.91. The first-order chi connectivity index (χ1) is 15.4. The van der Waals surface area contributed by atoms with Crippen LogP contribution in [0.25, 0.3) is 16.6 Å². The van der Waals surface area contributed by atoms with Crippen LogP contribution in [0.1, 0.15) is 75.9 Å². The summed E-state index contributed by atoms with van der Waals surface area (Å²) in [5, 5.41) is 0.588. The third-order valence-corrected chi connectivity index (χ3v) is 5.98. The van der Waals surface area contributed by atoms with E-state index in [-0.39, 0.29) is 17.5 Å². The van der Waals surface area contributed by atoms with Gasteiger partial charge in [-0.15, -0.1) is 0 Å². The molecule has 0 fully saturated rings. The number of fused-ring (bicyclic) bond motifs is 1. The zero-order chi connectivity index (χ0) is 23.3. The molecule has 0 aliphatic rings. The molecule has 1 heterocycles. The SMILES string of the molecule is CCCCC(=O)N(CCC)C(CC)c1nc2ccccc2c(=O)n1-c1ccc(C)cc1C. The van der Waals surface area contributed by atoms with E-state index in [4.69, 9.17) is 4.98 Å². The Labute approximate surface area is 191 Å². The summed E-state index contributed by atoms with van der Waals surface area (Å²) in [4.78, 5) is 33.9. The Morgan fingerprint density at radius 1 is 1.06 bits per heavy atom. The van der Waals surface area contributed by atoms with Crippen LogP contribution in [0.4, 0.5) is 0 Å². The van der Waals surface area contributed by atoms with E-state index in [1.165, 1.54) is 0 Å². The van der Waals surface area contributed by atoms with Gasteiger partial charge in [-0.25, -0.2) is 4.98 Å². The molecule has 32 heavy (non-hydrogen) atoms. The summed E-state index contributed by atoms with van der Waals surface area (Å²) < 4.78 is 1.74. The summed E-state index contributed by atoms with van der Waals surface area (Å²) in [6.45, 7) is 11.0. The van der Waals surface area contributed by atoms with Crippen molar-refractivity contribution in [3.8, 4) is 5.69 Å². The van der Waals surface area contributed by atoms with Gasteiger partial charge in [0.05, 0.1) is 22.6 Å². The number of amides is 1. The highest BCUT2D eigenvalue weighted by molar-refractivity contribution is 5.79. The van der Waals surface area contributed by atoms with Crippen LogP contribution in [-0.2, 0) is 4.79 Å². The van der Waals surface area contributed by atoms with Gasteiger partial charge in [0.25, 0.3) is 5.56 Å². The van der Waals surface area contributed by atoms with Gasteiger partial charge in [-0.1, -0.05) is 57.0 Å². The van der Waals surface area contributed by atoms with E-state index in [1.54, 1.807) is 4.57 Å². The van der Waals surface area contributed by atoms with Crippen molar-refractivity contribution in [2.45, 2.75) is 72.8 Å². The van der Waals surface area contributed by atoms with Crippen molar-refractivity contribution in [1.29, 1.82) is 0 Å². The number of unbranched alkanes of at least 4 members (excludes halogenated alkanes) is 1. The van der Waals surface area contributed by atoms with Crippen LogP contribution in [0.15, 0.2) is 47.3 Å². The van der Waals surface area contributed by atoms with E-state index < -0.39 is 0 Å². The van der Waals surface area contributed by atoms with E-state index >= 15 is 0 Å². The van der Waals surface area contributed by atoms with Gasteiger partial charge in [-0.3, -0.25) is 14.2 Å². The van der Waals surface area contributed by atoms with Gasteiger partial charge in [0.1, 0.15) is 5.82 Å². The molecule has 5 heteroatoms. The van der Waals surface area contributed by atoms with Gasteiger partial charge in [0, 0.05) is 13.0 Å². The van der Waals surface area contributed by atoms with Crippen LogP contribution in [0, 0.1) is 13.8 Å². The van der Waals surface area contributed by atoms with Crippen LogP contribution in [0.5, 0.6) is 0 Å². The Bertz CT molecular complexity index is 1150. The number of carbonyl (C=O) groups excluding carboxylic acids is 1. The Hall–Kier alpha value is -2.95. The highest BCUT2D eigenvalue weighted by Crippen LogP contribution is 2.28. The molecule has 1 atom stereocenters. The molecule has 3 rings (SSSR count). The molecule has 0 bridgehead atoms. The van der Waals surface area contributed by atoms with Gasteiger partial charge in [0.15, 0.2) is 0 Å². The number of aromatic nitrogens is 2. The summed E-state index contributed by atoms with van der Waals surface area (Å²) in [5.41, 5.74) is 3.56. The average molecular weight is 434 g/mol. The molecule has 0 radical (unpaired) electrons. The van der Waals surface area contributed by atoms with Gasteiger partial charge in [-0.2, -0.15) is 0 Å². The van der Waals surface area contributed by atoms with Crippen molar-refractivity contribution in [3.05, 3.63) is 69.8 Å². The lowest BCUT2D eigenvalue weighted by atomic mass is 10.1. The molecule has 170 valence electrons. The maximum atomic E-state index is 13.7. The van der Waals surface area contributed by atoms with Crippen molar-refractivity contribution in [1.82, 2.24) is 14.5 Å². The van der Waals surface area contributed by atoms with Gasteiger partial charge in [0.2, 0.25) is 5.91 Å². The fourth-order valence-electron chi connectivity index (χ4n) is 4.37. The number of rotatable bonds is 9. The number of aryl methyl sites for hydroxylation is 2. The normalized spacial score (nSPS) is 12.2. The first-order valence-electron chi connectivity index (χ1n) is 11.8. The summed E-state index contributed by atoms with van der Waals surface area (Å²) in [6, 6.07) is 13.3. The smallest absolute Gasteiger partial charge is 0.266 e. The third-order valence-electron chi connectivity index (χ3n) is 5.98. The highest BCUT2D eigenvalue weighted by Gasteiger charge is 2.28. The second kappa shape index (κ2) is 10.6. The molecule has 1 aromatic heterocycles. The predicted molar refractivity (Wildman–Crippen MR) is 131 cm³/mol. The minimum absolute atomic E-state index is 0.0894. The molecule has 0 saturated carbocycles. The molecule has 5 nitrogen and oxygen atoms in total. The topological polar surface area (TPSA) is 55.2 Å². The lowest BCUT2D eigenvalue weighted by Gasteiger charge is -2.32. The maximum absolute atomic E-state index is 13.7. The third kappa shape index (κ3) is 4.77. The largest absolute Gasteiger partial charge is 0.333 e. The number of hydrogen-bond donors (Lipinski definition) is 0. The monoisotopic (exact) mass is 433 g/mol. The molecular formula is C27H35N3O2. The minimum Gasteiger partial charge on any atom is -0.333 e. The first-order valence-corrected chi connectivity index (χ1v) is 11.8. The van der Waals surface area contributed by atoms with Gasteiger partial charge < -0.3 is 4.90 Å². The second-order valence-electron chi connectivity index (χ2n) is 8.53. The van der Waals surface area contributed by atoms with E-state index in [2.05, 4.69) is 26.8 Å². The molecule has 0 spiro atoms. The summed E-state index contributed by atoms with van der Waals surface area (Å²) in [7, 11) is 0. The van der Waals surface area contributed by atoms with Crippen LogP contribution in [0.3, 0.4) is 0 Å². The number of para-hydroxylation sites is 1. The van der Waals surface area contributed by atoms with E-state index in [0.717, 1.165) is 36.1 Å². The minimum atomic E-state index is -0.266. The summed E-state index contributed by atoms with van der Waals surface area (Å²) >= 11 is 0. The number of nitrogens with zero attached hydrogens (tertiary/aromatic N) is 3. The standard InChI is InChI=1S/C27H35N3O2/c1-6-9-14-25(31)29(17-7-2)23(8-3)26-28-22-13-11-10-12-21(22)27(32)30(26)24-16-15-19(4)18-20(24)5/h10-13,15-16,18,23H,6-9,14,17H2,1-5H3. The van der Waals surface area contributed by atoms with Crippen molar-refractivity contribution in [2.75, 3.05) is 6.54 Å². The lowest BCUT2D eigenvalue weighted by Crippen LogP contribution is -2.39. The molecule has 1 unspecified atom stereocenters. The van der Waals surface area contributed by atoms with Crippen molar-refractivity contribution >= 4 is 16.8 Å². The maximum Gasteiger partial charge on any atom is 0.266 e. The number of benzene rings is 2. The Morgan fingerprint density at radius 3 is 2.47 bits per heavy atom. The first kappa shape index (κ1) is 23.7. The summed E-state index contributed by atoms with van der Waals surface area (Å²) in [5.74, 6) is 0.775. The quantitative estimate of drug-likeness (QED) is 0.423. The highest BCUT2D eigenvalue weighted by atomic mass is 16.2. The molecule has 1 amide bonds. The van der Waals surface area contributed by atoms with Crippen LogP contribution in [0.2, 0.25) is 0 Å². The molecule has 0 N–H and O–H groups in total. The zero-order valence-corrected chi connectivity index (χ0v) is 20.0. The number of hydrogen-bond acceptors (Lipinski definition) is 3. The number of carbonyl (C=O) groups is 1. The Kier molecular flexibility index (Phi) is 7.84. The second-order valence-corrected chi connectivity index (χ2v) is 8.53. The Morgan fingerprint density at radius 2 is 1.81 bits per heavy atom. The van der Waals surface area contributed by atoms with Gasteiger partial charge >= 0.3 is 0 Å². The molecule has 3 aromatic rings. The molecular weight excluding hydrogens is 398 g/mol.